The number of nitrogens with zero attached hydrogens (tertiary/aromatic N) is 1. The van der Waals surface area contributed by atoms with Crippen molar-refractivity contribution in [3.63, 3.8) is 0 Å². The fourth-order valence-electron chi connectivity index (χ4n) is 3.33. The summed E-state index contributed by atoms with van der Waals surface area (Å²) in [5, 5.41) is 2.74. The smallest absolute Gasteiger partial charge is 0.340 e. The Labute approximate surface area is 164 Å². The van der Waals surface area contributed by atoms with E-state index < -0.39 is 5.97 Å². The van der Waals surface area contributed by atoms with E-state index >= 15 is 0 Å². The lowest BCUT2D eigenvalue weighted by Gasteiger charge is -2.11. The van der Waals surface area contributed by atoms with Gasteiger partial charge in [-0.3, -0.25) is 4.79 Å². The first kappa shape index (κ1) is 19.8. The summed E-state index contributed by atoms with van der Waals surface area (Å²) in [6.07, 6.45) is 2.28. The molecule has 0 atom stereocenters. The fraction of sp³-hybridized carbons (Fsp3) is 0.429. The highest BCUT2D eigenvalue weighted by Gasteiger charge is 2.28. The second kappa shape index (κ2) is 8.37. The van der Waals surface area contributed by atoms with E-state index in [4.69, 9.17) is 14.2 Å². The average Bonchev–Trinajstić information content (AvgIpc) is 3.48. The quantitative estimate of drug-likeness (QED) is 0.706. The standard InChI is InChI=1S/C21H26N2O5/c1-13-9-17(14(2)23(13)16-6-7-16)21(25)28-12-20(24)22-11-15-5-8-18(26-3)19(10-15)27-4/h5,8-10,16H,6-7,11-12H2,1-4H3,(H,22,24). The Balaban J connectivity index is 1.52. The molecule has 0 saturated heterocycles. The minimum atomic E-state index is -0.471. The number of benzene rings is 1. The molecule has 0 spiro atoms. The van der Waals surface area contributed by atoms with Crippen molar-refractivity contribution < 1.29 is 23.8 Å². The van der Waals surface area contributed by atoms with E-state index in [0.29, 0.717) is 29.6 Å². The normalized spacial score (nSPS) is 13.1. The van der Waals surface area contributed by atoms with Gasteiger partial charge in [0.2, 0.25) is 0 Å². The van der Waals surface area contributed by atoms with Gasteiger partial charge in [-0.1, -0.05) is 6.07 Å². The largest absolute Gasteiger partial charge is 0.493 e. The number of hydrogen-bond acceptors (Lipinski definition) is 5. The molecule has 28 heavy (non-hydrogen) atoms. The van der Waals surface area contributed by atoms with Crippen molar-refractivity contribution in [2.45, 2.75) is 39.3 Å². The Bertz CT molecular complexity index is 883. The molecule has 7 heteroatoms. The highest BCUT2D eigenvalue weighted by Crippen LogP contribution is 2.38. The van der Waals surface area contributed by atoms with Crippen molar-refractivity contribution in [2.24, 2.45) is 0 Å². The van der Waals surface area contributed by atoms with Gasteiger partial charge in [0.15, 0.2) is 18.1 Å². The first-order chi connectivity index (χ1) is 13.4. The topological polar surface area (TPSA) is 78.8 Å². The molecular weight excluding hydrogens is 360 g/mol. The number of ether oxygens (including phenoxy) is 3. The molecule has 1 N–H and O–H groups in total. The van der Waals surface area contributed by atoms with E-state index in [-0.39, 0.29) is 12.5 Å². The predicted octanol–water partition coefficient (Wildman–Crippen LogP) is 2.93. The molecule has 1 aliphatic carbocycles. The molecule has 1 saturated carbocycles. The zero-order valence-electron chi connectivity index (χ0n) is 16.7. The number of methoxy groups -OCH3 is 2. The summed E-state index contributed by atoms with van der Waals surface area (Å²) in [6.45, 7) is 3.88. The van der Waals surface area contributed by atoms with E-state index in [1.807, 2.05) is 26.0 Å². The molecule has 1 aromatic heterocycles. The van der Waals surface area contributed by atoms with Gasteiger partial charge in [0.1, 0.15) is 0 Å². The van der Waals surface area contributed by atoms with Gasteiger partial charge in [-0.2, -0.15) is 0 Å². The van der Waals surface area contributed by atoms with Crippen molar-refractivity contribution in [1.29, 1.82) is 0 Å². The molecule has 0 radical (unpaired) electrons. The summed E-state index contributed by atoms with van der Waals surface area (Å²) in [4.78, 5) is 24.4. The number of carbonyl (C=O) groups is 2. The van der Waals surface area contributed by atoms with Crippen LogP contribution in [0.4, 0.5) is 0 Å². The Morgan fingerprint density at radius 2 is 1.82 bits per heavy atom. The van der Waals surface area contributed by atoms with Crippen LogP contribution in [0.1, 0.15) is 46.2 Å². The van der Waals surface area contributed by atoms with Crippen molar-refractivity contribution in [3.8, 4) is 11.5 Å². The minimum Gasteiger partial charge on any atom is -0.493 e. The number of rotatable bonds is 8. The van der Waals surface area contributed by atoms with Gasteiger partial charge >= 0.3 is 5.97 Å². The van der Waals surface area contributed by atoms with Crippen LogP contribution in [0.5, 0.6) is 11.5 Å². The van der Waals surface area contributed by atoms with E-state index in [2.05, 4.69) is 9.88 Å². The molecule has 1 aliphatic rings. The van der Waals surface area contributed by atoms with E-state index in [1.54, 1.807) is 26.4 Å². The second-order valence-corrected chi connectivity index (χ2v) is 6.93. The van der Waals surface area contributed by atoms with Crippen LogP contribution in [0.2, 0.25) is 0 Å². The maximum atomic E-state index is 12.4. The van der Waals surface area contributed by atoms with Crippen LogP contribution in [0.15, 0.2) is 24.3 Å². The maximum absolute atomic E-state index is 12.4. The average molecular weight is 386 g/mol. The summed E-state index contributed by atoms with van der Waals surface area (Å²) >= 11 is 0. The highest BCUT2D eigenvalue weighted by atomic mass is 16.5. The fourth-order valence-corrected chi connectivity index (χ4v) is 3.33. The molecule has 0 aliphatic heterocycles. The third-order valence-corrected chi connectivity index (χ3v) is 4.89. The van der Waals surface area contributed by atoms with Gasteiger partial charge in [-0.25, -0.2) is 4.79 Å². The van der Waals surface area contributed by atoms with Crippen LogP contribution in [0, 0.1) is 13.8 Å². The SMILES string of the molecule is COc1ccc(CNC(=O)COC(=O)c2cc(C)n(C3CC3)c2C)cc1OC. The molecule has 3 rings (SSSR count). The zero-order valence-corrected chi connectivity index (χ0v) is 16.7. The predicted molar refractivity (Wildman–Crippen MR) is 104 cm³/mol. The van der Waals surface area contributed by atoms with Crippen molar-refractivity contribution >= 4 is 11.9 Å². The summed E-state index contributed by atoms with van der Waals surface area (Å²) < 4.78 is 17.8. The molecule has 150 valence electrons. The third-order valence-electron chi connectivity index (χ3n) is 4.89. The summed E-state index contributed by atoms with van der Waals surface area (Å²) in [7, 11) is 3.12. The minimum absolute atomic E-state index is 0.299. The number of aryl methyl sites for hydroxylation is 1. The van der Waals surface area contributed by atoms with Crippen LogP contribution in [0.25, 0.3) is 0 Å². The molecule has 1 heterocycles. The van der Waals surface area contributed by atoms with Gasteiger partial charge in [0.05, 0.1) is 19.8 Å². The Morgan fingerprint density at radius 3 is 2.46 bits per heavy atom. The molecule has 0 unspecified atom stereocenters. The summed E-state index contributed by atoms with van der Waals surface area (Å²) in [5.74, 6) is 0.377. The number of amides is 1. The molecule has 1 aromatic carbocycles. The molecule has 7 nitrogen and oxygen atoms in total. The van der Waals surface area contributed by atoms with E-state index in [0.717, 1.165) is 29.8 Å². The first-order valence-corrected chi connectivity index (χ1v) is 9.27. The number of esters is 1. The Kier molecular flexibility index (Phi) is 5.92. The Hall–Kier alpha value is -2.96. The van der Waals surface area contributed by atoms with Gasteiger partial charge in [-0.15, -0.1) is 0 Å². The van der Waals surface area contributed by atoms with Gasteiger partial charge < -0.3 is 24.1 Å². The number of carbonyl (C=O) groups excluding carboxylic acids is 2. The van der Waals surface area contributed by atoms with Gasteiger partial charge in [0, 0.05) is 24.0 Å². The number of aromatic nitrogens is 1. The molecule has 2 aromatic rings. The van der Waals surface area contributed by atoms with E-state index in [9.17, 15) is 9.59 Å². The molecule has 0 bridgehead atoms. The maximum Gasteiger partial charge on any atom is 0.340 e. The number of hydrogen-bond donors (Lipinski definition) is 1. The second-order valence-electron chi connectivity index (χ2n) is 6.93. The molecule has 1 amide bonds. The van der Waals surface area contributed by atoms with Crippen molar-refractivity contribution in [1.82, 2.24) is 9.88 Å². The molecule has 1 fully saturated rings. The molecular formula is C21H26N2O5. The van der Waals surface area contributed by atoms with Crippen LogP contribution in [-0.4, -0.2) is 37.3 Å². The summed E-state index contributed by atoms with van der Waals surface area (Å²) in [5.41, 5.74) is 3.32. The van der Waals surface area contributed by atoms with Crippen molar-refractivity contribution in [3.05, 3.63) is 46.8 Å². The number of nitrogens with one attached hydrogen (secondary N) is 1. The lowest BCUT2D eigenvalue weighted by molar-refractivity contribution is -0.124. The van der Waals surface area contributed by atoms with Crippen LogP contribution in [-0.2, 0) is 16.1 Å². The Morgan fingerprint density at radius 1 is 1.11 bits per heavy atom. The lowest BCUT2D eigenvalue weighted by Crippen LogP contribution is -2.28. The monoisotopic (exact) mass is 386 g/mol. The van der Waals surface area contributed by atoms with E-state index in [1.165, 1.54) is 0 Å². The highest BCUT2D eigenvalue weighted by molar-refractivity contribution is 5.92. The third kappa shape index (κ3) is 4.30. The van der Waals surface area contributed by atoms with Crippen molar-refractivity contribution in [2.75, 3.05) is 20.8 Å². The first-order valence-electron chi connectivity index (χ1n) is 9.27. The van der Waals surface area contributed by atoms with Crippen LogP contribution >= 0.6 is 0 Å². The van der Waals surface area contributed by atoms with Gasteiger partial charge in [0.25, 0.3) is 5.91 Å². The van der Waals surface area contributed by atoms with Crippen LogP contribution < -0.4 is 14.8 Å². The van der Waals surface area contributed by atoms with Crippen LogP contribution in [0.3, 0.4) is 0 Å². The zero-order chi connectivity index (χ0) is 20.3. The van der Waals surface area contributed by atoms with Gasteiger partial charge in [-0.05, 0) is 50.5 Å². The lowest BCUT2D eigenvalue weighted by atomic mass is 10.2. The summed E-state index contributed by atoms with van der Waals surface area (Å²) in [6, 6.07) is 7.72.